The van der Waals surface area contributed by atoms with Crippen LogP contribution in [0.1, 0.15) is 25.8 Å². The number of halogens is 1. The molecule has 2 rings (SSSR count). The van der Waals surface area contributed by atoms with E-state index in [0.29, 0.717) is 48.8 Å². The standard InChI is InChI=1S/C16H22ClN5O2/c1-4-7-22-16(19-20-21-22)18-11-12-9-13(17)15(24-8-5-2)14(10-12)23-6-3/h4,9-10H,1,5-8,11H2,2-3H3,(H,18,19,21). The lowest BCUT2D eigenvalue weighted by Gasteiger charge is -2.15. The minimum absolute atomic E-state index is 0.505. The molecule has 0 fully saturated rings. The number of nitrogens with one attached hydrogen (secondary N) is 1. The highest BCUT2D eigenvalue weighted by Gasteiger charge is 2.13. The summed E-state index contributed by atoms with van der Waals surface area (Å²) in [6.45, 7) is 9.81. The molecule has 1 N–H and O–H groups in total. The van der Waals surface area contributed by atoms with E-state index in [1.807, 2.05) is 26.0 Å². The number of nitrogens with zero attached hydrogens (tertiary/aromatic N) is 4. The summed E-state index contributed by atoms with van der Waals surface area (Å²) >= 11 is 6.36. The molecule has 7 nitrogen and oxygen atoms in total. The maximum atomic E-state index is 6.36. The van der Waals surface area contributed by atoms with E-state index >= 15 is 0 Å². The number of hydrogen-bond donors (Lipinski definition) is 1. The van der Waals surface area contributed by atoms with E-state index in [9.17, 15) is 0 Å². The monoisotopic (exact) mass is 351 g/mol. The van der Waals surface area contributed by atoms with Gasteiger partial charge in [0.15, 0.2) is 11.5 Å². The fourth-order valence-corrected chi connectivity index (χ4v) is 2.38. The fraction of sp³-hybridized carbons (Fsp3) is 0.438. The van der Waals surface area contributed by atoms with Gasteiger partial charge in [-0.05, 0) is 41.5 Å². The van der Waals surface area contributed by atoms with E-state index < -0.39 is 0 Å². The van der Waals surface area contributed by atoms with E-state index in [0.717, 1.165) is 12.0 Å². The molecule has 0 radical (unpaired) electrons. The van der Waals surface area contributed by atoms with E-state index in [1.54, 1.807) is 10.8 Å². The first kappa shape index (κ1) is 18.1. The Morgan fingerprint density at radius 2 is 2.17 bits per heavy atom. The number of benzene rings is 1. The smallest absolute Gasteiger partial charge is 0.243 e. The summed E-state index contributed by atoms with van der Waals surface area (Å²) in [4.78, 5) is 0. The minimum atomic E-state index is 0.505. The lowest BCUT2D eigenvalue weighted by Crippen LogP contribution is -2.09. The molecular weight excluding hydrogens is 330 g/mol. The molecule has 0 atom stereocenters. The Morgan fingerprint density at radius 1 is 1.33 bits per heavy atom. The van der Waals surface area contributed by atoms with Gasteiger partial charge in [-0.3, -0.25) is 0 Å². The van der Waals surface area contributed by atoms with Crippen LogP contribution in [0.3, 0.4) is 0 Å². The normalized spacial score (nSPS) is 10.5. The predicted octanol–water partition coefficient (Wildman–Crippen LogP) is 3.31. The van der Waals surface area contributed by atoms with Gasteiger partial charge in [0, 0.05) is 6.54 Å². The topological polar surface area (TPSA) is 74.1 Å². The maximum absolute atomic E-state index is 6.36. The average Bonchev–Trinajstić information content (AvgIpc) is 3.00. The van der Waals surface area contributed by atoms with Crippen molar-refractivity contribution in [3.63, 3.8) is 0 Å². The molecule has 0 spiro atoms. The Labute approximate surface area is 146 Å². The van der Waals surface area contributed by atoms with Crippen LogP contribution in [-0.4, -0.2) is 33.4 Å². The van der Waals surface area contributed by atoms with Crippen molar-refractivity contribution in [2.75, 3.05) is 18.5 Å². The van der Waals surface area contributed by atoms with Crippen LogP contribution < -0.4 is 14.8 Å². The summed E-state index contributed by atoms with van der Waals surface area (Å²) in [5, 5.41) is 15.2. The van der Waals surface area contributed by atoms with Crippen LogP contribution in [-0.2, 0) is 13.1 Å². The molecule has 0 aliphatic carbocycles. The van der Waals surface area contributed by atoms with Crippen molar-refractivity contribution in [3.05, 3.63) is 35.4 Å². The van der Waals surface area contributed by atoms with Crippen LogP contribution in [0.2, 0.25) is 5.02 Å². The van der Waals surface area contributed by atoms with Crippen LogP contribution >= 0.6 is 11.6 Å². The van der Waals surface area contributed by atoms with Gasteiger partial charge in [-0.2, -0.15) is 0 Å². The number of hydrogen-bond acceptors (Lipinski definition) is 6. The van der Waals surface area contributed by atoms with E-state index in [2.05, 4.69) is 27.4 Å². The third kappa shape index (κ3) is 4.61. The van der Waals surface area contributed by atoms with Gasteiger partial charge in [-0.25, -0.2) is 4.68 Å². The molecule has 0 bridgehead atoms. The Morgan fingerprint density at radius 3 is 2.88 bits per heavy atom. The SMILES string of the molecule is C=CCn1nnnc1NCc1cc(Cl)c(OCCC)c(OCC)c1. The zero-order chi connectivity index (χ0) is 17.4. The third-order valence-corrected chi connectivity index (χ3v) is 3.38. The van der Waals surface area contributed by atoms with Gasteiger partial charge in [0.05, 0.1) is 24.8 Å². The van der Waals surface area contributed by atoms with E-state index in [-0.39, 0.29) is 0 Å². The van der Waals surface area contributed by atoms with Gasteiger partial charge in [-0.15, -0.1) is 6.58 Å². The number of aromatic nitrogens is 4. The van der Waals surface area contributed by atoms with Crippen molar-refractivity contribution in [2.24, 2.45) is 0 Å². The van der Waals surface area contributed by atoms with Crippen molar-refractivity contribution in [1.29, 1.82) is 0 Å². The van der Waals surface area contributed by atoms with Crippen molar-refractivity contribution in [1.82, 2.24) is 20.2 Å². The molecule has 0 aliphatic heterocycles. The fourth-order valence-electron chi connectivity index (χ4n) is 2.09. The summed E-state index contributed by atoms with van der Waals surface area (Å²) < 4.78 is 13.0. The highest BCUT2D eigenvalue weighted by atomic mass is 35.5. The largest absolute Gasteiger partial charge is 0.490 e. The number of anilines is 1. The Hall–Kier alpha value is -2.28. The minimum Gasteiger partial charge on any atom is -0.490 e. The van der Waals surface area contributed by atoms with Gasteiger partial charge in [0.1, 0.15) is 0 Å². The molecule has 130 valence electrons. The summed E-state index contributed by atoms with van der Waals surface area (Å²) in [7, 11) is 0. The number of rotatable bonds is 10. The first-order valence-corrected chi connectivity index (χ1v) is 8.26. The molecular formula is C16H22ClN5O2. The second-order valence-electron chi connectivity index (χ2n) is 5.01. The summed E-state index contributed by atoms with van der Waals surface area (Å²) in [5.74, 6) is 1.79. The molecule has 8 heteroatoms. The van der Waals surface area contributed by atoms with E-state index in [4.69, 9.17) is 21.1 Å². The molecule has 0 amide bonds. The number of tetrazole rings is 1. The highest BCUT2D eigenvalue weighted by Crippen LogP contribution is 2.37. The van der Waals surface area contributed by atoms with Gasteiger partial charge in [-0.1, -0.05) is 29.7 Å². The average molecular weight is 352 g/mol. The van der Waals surface area contributed by atoms with Crippen LogP contribution in [0.4, 0.5) is 5.95 Å². The zero-order valence-electron chi connectivity index (χ0n) is 14.0. The highest BCUT2D eigenvalue weighted by molar-refractivity contribution is 6.32. The third-order valence-electron chi connectivity index (χ3n) is 3.10. The lowest BCUT2D eigenvalue weighted by molar-refractivity contribution is 0.277. The van der Waals surface area contributed by atoms with Crippen LogP contribution in [0, 0.1) is 0 Å². The van der Waals surface area contributed by atoms with Gasteiger partial charge in [0.2, 0.25) is 5.95 Å². The maximum Gasteiger partial charge on any atom is 0.243 e. The second kappa shape index (κ2) is 9.12. The van der Waals surface area contributed by atoms with Gasteiger partial charge >= 0.3 is 0 Å². The predicted molar refractivity (Wildman–Crippen MR) is 93.7 cm³/mol. The lowest BCUT2D eigenvalue weighted by atomic mass is 10.2. The molecule has 24 heavy (non-hydrogen) atoms. The molecule has 0 aliphatic rings. The summed E-state index contributed by atoms with van der Waals surface area (Å²) in [5.41, 5.74) is 0.945. The molecule has 0 unspecified atom stereocenters. The molecule has 1 aromatic carbocycles. The Balaban J connectivity index is 2.15. The summed E-state index contributed by atoms with van der Waals surface area (Å²) in [6.07, 6.45) is 2.63. The molecule has 1 aromatic heterocycles. The van der Waals surface area contributed by atoms with Gasteiger partial charge < -0.3 is 14.8 Å². The van der Waals surface area contributed by atoms with Crippen molar-refractivity contribution in [2.45, 2.75) is 33.4 Å². The molecule has 1 heterocycles. The van der Waals surface area contributed by atoms with Crippen molar-refractivity contribution >= 4 is 17.5 Å². The Bertz CT molecular complexity index is 674. The first-order chi connectivity index (χ1) is 11.7. The first-order valence-electron chi connectivity index (χ1n) is 7.88. The van der Waals surface area contributed by atoms with Crippen LogP contribution in [0.15, 0.2) is 24.8 Å². The van der Waals surface area contributed by atoms with Crippen LogP contribution in [0.25, 0.3) is 0 Å². The quantitative estimate of drug-likeness (QED) is 0.662. The van der Waals surface area contributed by atoms with Crippen molar-refractivity contribution in [3.8, 4) is 11.5 Å². The molecule has 2 aromatic rings. The number of ether oxygens (including phenoxy) is 2. The van der Waals surface area contributed by atoms with Crippen molar-refractivity contribution < 1.29 is 9.47 Å². The second-order valence-corrected chi connectivity index (χ2v) is 5.42. The molecule has 0 saturated heterocycles. The van der Waals surface area contributed by atoms with E-state index in [1.165, 1.54) is 0 Å². The summed E-state index contributed by atoms with van der Waals surface area (Å²) in [6, 6.07) is 3.76. The number of allylic oxidation sites excluding steroid dienone is 1. The zero-order valence-corrected chi connectivity index (χ0v) is 14.7. The molecule has 0 saturated carbocycles. The van der Waals surface area contributed by atoms with Gasteiger partial charge in [0.25, 0.3) is 0 Å². The Kier molecular flexibility index (Phi) is 6.87. The van der Waals surface area contributed by atoms with Crippen LogP contribution in [0.5, 0.6) is 11.5 Å².